The summed E-state index contributed by atoms with van der Waals surface area (Å²) in [5.41, 5.74) is 0. The highest BCUT2D eigenvalue weighted by Crippen LogP contribution is 2.22. The number of anilines is 1. The molecule has 0 bridgehead atoms. The van der Waals surface area contributed by atoms with E-state index in [1.165, 1.54) is 0 Å². The van der Waals surface area contributed by atoms with E-state index in [9.17, 15) is 0 Å². The second-order valence-electron chi connectivity index (χ2n) is 5.68. The van der Waals surface area contributed by atoms with E-state index in [1.54, 1.807) is 0 Å². The molecule has 0 amide bonds. The lowest BCUT2D eigenvalue weighted by Crippen LogP contribution is -2.40. The summed E-state index contributed by atoms with van der Waals surface area (Å²) in [7, 11) is 0. The molecule has 6 nitrogen and oxygen atoms in total. The molecular formula is C15H28N4O2. The van der Waals surface area contributed by atoms with Gasteiger partial charge in [0.1, 0.15) is 0 Å². The van der Waals surface area contributed by atoms with Crippen LogP contribution in [0.1, 0.15) is 58.4 Å². The Bertz CT molecular complexity index is 410. The molecule has 2 atom stereocenters. The normalized spacial score (nSPS) is 20.7. The van der Waals surface area contributed by atoms with Crippen molar-refractivity contribution in [3.63, 3.8) is 0 Å². The highest BCUT2D eigenvalue weighted by atomic mass is 16.5. The highest BCUT2D eigenvalue weighted by Gasteiger charge is 2.25. The molecule has 1 fully saturated rings. The third kappa shape index (κ3) is 4.68. The van der Waals surface area contributed by atoms with Crippen molar-refractivity contribution in [3.8, 4) is 0 Å². The van der Waals surface area contributed by atoms with Crippen LogP contribution in [0.4, 0.5) is 6.01 Å². The number of aromatic nitrogens is 2. The maximum atomic E-state index is 5.85. The molecule has 1 aromatic heterocycles. The molecule has 0 spiro atoms. The van der Waals surface area contributed by atoms with Crippen LogP contribution in [-0.2, 0) is 4.74 Å². The molecule has 0 aliphatic carbocycles. The number of hydrogen-bond acceptors (Lipinski definition) is 6. The van der Waals surface area contributed by atoms with Crippen LogP contribution in [0, 0.1) is 0 Å². The lowest BCUT2D eigenvalue weighted by atomic mass is 10.1. The first-order valence-electron chi connectivity index (χ1n) is 8.17. The molecule has 1 aliphatic rings. The topological polar surface area (TPSA) is 63.4 Å². The number of nitrogens with zero attached hydrogens (tertiary/aromatic N) is 3. The zero-order chi connectivity index (χ0) is 15.1. The van der Waals surface area contributed by atoms with Gasteiger partial charge >= 0.3 is 6.01 Å². The van der Waals surface area contributed by atoms with E-state index in [0.29, 0.717) is 11.9 Å². The van der Waals surface area contributed by atoms with E-state index < -0.39 is 0 Å². The van der Waals surface area contributed by atoms with E-state index >= 15 is 0 Å². The minimum Gasteiger partial charge on any atom is -0.406 e. The Balaban J connectivity index is 1.90. The Kier molecular flexibility index (Phi) is 6.45. The van der Waals surface area contributed by atoms with Crippen molar-refractivity contribution >= 4 is 6.01 Å². The van der Waals surface area contributed by atoms with Crippen LogP contribution in [0.5, 0.6) is 0 Å². The summed E-state index contributed by atoms with van der Waals surface area (Å²) in [6.07, 6.45) is 4.65. The fourth-order valence-corrected chi connectivity index (χ4v) is 2.51. The van der Waals surface area contributed by atoms with Crippen molar-refractivity contribution in [2.24, 2.45) is 0 Å². The summed E-state index contributed by atoms with van der Waals surface area (Å²) >= 11 is 0. The van der Waals surface area contributed by atoms with Gasteiger partial charge in [0, 0.05) is 19.7 Å². The smallest absolute Gasteiger partial charge is 0.318 e. The van der Waals surface area contributed by atoms with E-state index in [1.807, 2.05) is 0 Å². The molecule has 120 valence electrons. The van der Waals surface area contributed by atoms with Crippen LogP contribution in [0.3, 0.4) is 0 Å². The van der Waals surface area contributed by atoms with Gasteiger partial charge in [0.05, 0.1) is 12.1 Å². The van der Waals surface area contributed by atoms with Crippen LogP contribution >= 0.6 is 0 Å². The second kappa shape index (κ2) is 8.34. The quantitative estimate of drug-likeness (QED) is 0.795. The highest BCUT2D eigenvalue weighted by molar-refractivity contribution is 5.25. The maximum absolute atomic E-state index is 5.85. The van der Waals surface area contributed by atoms with Crippen LogP contribution in [0.15, 0.2) is 4.42 Å². The summed E-state index contributed by atoms with van der Waals surface area (Å²) < 4.78 is 11.7. The minimum atomic E-state index is 0.100. The van der Waals surface area contributed by atoms with E-state index in [0.717, 1.165) is 51.9 Å². The third-order valence-corrected chi connectivity index (χ3v) is 3.71. The van der Waals surface area contributed by atoms with Gasteiger partial charge in [0.2, 0.25) is 5.89 Å². The van der Waals surface area contributed by atoms with E-state index in [-0.39, 0.29) is 12.1 Å². The molecule has 2 unspecified atom stereocenters. The van der Waals surface area contributed by atoms with Crippen LogP contribution in [-0.4, -0.2) is 42.5 Å². The average molecular weight is 296 g/mol. The number of piperidine rings is 1. The molecule has 6 heteroatoms. The first kappa shape index (κ1) is 16.2. The molecule has 1 aromatic rings. The van der Waals surface area contributed by atoms with Gasteiger partial charge in [-0.3, -0.25) is 0 Å². The van der Waals surface area contributed by atoms with Gasteiger partial charge in [-0.25, -0.2) is 0 Å². The molecule has 0 radical (unpaired) electrons. The SMILES string of the molecule is CCCNC(C)c1nnc(N2CCCC(OCCC)C2)o1. The molecular weight excluding hydrogens is 268 g/mol. The van der Waals surface area contributed by atoms with Gasteiger partial charge in [-0.2, -0.15) is 0 Å². The molecule has 2 rings (SSSR count). The fourth-order valence-electron chi connectivity index (χ4n) is 2.51. The summed E-state index contributed by atoms with van der Waals surface area (Å²) in [6, 6.07) is 0.725. The number of nitrogens with one attached hydrogen (secondary N) is 1. The van der Waals surface area contributed by atoms with Crippen molar-refractivity contribution in [3.05, 3.63) is 5.89 Å². The molecule has 1 aliphatic heterocycles. The van der Waals surface area contributed by atoms with Crippen molar-refractivity contribution in [2.75, 3.05) is 31.1 Å². The van der Waals surface area contributed by atoms with E-state index in [2.05, 4.69) is 41.2 Å². The standard InChI is InChI=1S/C15H28N4O2/c1-4-8-16-12(3)14-17-18-15(21-14)19-9-6-7-13(11-19)20-10-5-2/h12-13,16H,4-11H2,1-3H3. The Hall–Kier alpha value is -1.14. The third-order valence-electron chi connectivity index (χ3n) is 3.71. The zero-order valence-corrected chi connectivity index (χ0v) is 13.5. The first-order chi connectivity index (χ1) is 10.2. The Morgan fingerprint density at radius 2 is 2.24 bits per heavy atom. The first-order valence-corrected chi connectivity index (χ1v) is 8.17. The monoisotopic (exact) mass is 296 g/mol. The van der Waals surface area contributed by atoms with E-state index in [4.69, 9.17) is 9.15 Å². The van der Waals surface area contributed by atoms with Gasteiger partial charge in [-0.1, -0.05) is 18.9 Å². The van der Waals surface area contributed by atoms with Crippen molar-refractivity contribution < 1.29 is 9.15 Å². The van der Waals surface area contributed by atoms with Gasteiger partial charge < -0.3 is 19.4 Å². The molecule has 1 saturated heterocycles. The summed E-state index contributed by atoms with van der Waals surface area (Å²) in [4.78, 5) is 2.15. The minimum absolute atomic E-state index is 0.100. The molecule has 2 heterocycles. The Morgan fingerprint density at radius 1 is 1.38 bits per heavy atom. The maximum Gasteiger partial charge on any atom is 0.318 e. The predicted molar refractivity (Wildman–Crippen MR) is 82.5 cm³/mol. The van der Waals surface area contributed by atoms with Gasteiger partial charge in [-0.15, -0.1) is 5.10 Å². The number of ether oxygens (including phenoxy) is 1. The Labute approximate surface area is 127 Å². The average Bonchev–Trinajstić information content (AvgIpc) is 3.01. The van der Waals surface area contributed by atoms with Crippen molar-refractivity contribution in [1.29, 1.82) is 0 Å². The van der Waals surface area contributed by atoms with Gasteiger partial charge in [0.25, 0.3) is 0 Å². The van der Waals surface area contributed by atoms with Crippen LogP contribution < -0.4 is 10.2 Å². The summed E-state index contributed by atoms with van der Waals surface area (Å²) in [5, 5.41) is 11.7. The van der Waals surface area contributed by atoms with Crippen molar-refractivity contribution in [1.82, 2.24) is 15.5 Å². The number of rotatable bonds is 8. The summed E-state index contributed by atoms with van der Waals surface area (Å²) in [6.45, 7) is 9.92. The number of hydrogen-bond donors (Lipinski definition) is 1. The largest absolute Gasteiger partial charge is 0.406 e. The molecule has 21 heavy (non-hydrogen) atoms. The Morgan fingerprint density at radius 3 is 3.00 bits per heavy atom. The molecule has 0 saturated carbocycles. The molecule has 1 N–H and O–H groups in total. The fraction of sp³-hybridized carbons (Fsp3) is 0.867. The predicted octanol–water partition coefficient (Wildman–Crippen LogP) is 2.53. The van der Waals surface area contributed by atoms with Crippen molar-refractivity contribution in [2.45, 2.75) is 58.6 Å². The van der Waals surface area contributed by atoms with Gasteiger partial charge in [0.15, 0.2) is 0 Å². The molecule has 0 aromatic carbocycles. The zero-order valence-electron chi connectivity index (χ0n) is 13.5. The lowest BCUT2D eigenvalue weighted by molar-refractivity contribution is 0.0430. The van der Waals surface area contributed by atoms with Gasteiger partial charge in [-0.05, 0) is 39.2 Å². The van der Waals surface area contributed by atoms with Crippen LogP contribution in [0.2, 0.25) is 0 Å². The summed E-state index contributed by atoms with van der Waals surface area (Å²) in [5.74, 6) is 0.662. The van der Waals surface area contributed by atoms with Crippen LogP contribution in [0.25, 0.3) is 0 Å². The lowest BCUT2D eigenvalue weighted by Gasteiger charge is -2.31. The second-order valence-corrected chi connectivity index (χ2v) is 5.68.